The Morgan fingerprint density at radius 3 is 2.90 bits per heavy atom. The maximum absolute atomic E-state index is 12.0. The van der Waals surface area contributed by atoms with Crippen LogP contribution in [0.4, 0.5) is 5.82 Å². The van der Waals surface area contributed by atoms with E-state index in [-0.39, 0.29) is 11.3 Å². The highest BCUT2D eigenvalue weighted by atomic mass is 35.5. The zero-order valence-corrected chi connectivity index (χ0v) is 13.7. The topological polar surface area (TPSA) is 67.3 Å². The number of hydrogen-bond donors (Lipinski definition) is 1. The molecule has 0 saturated heterocycles. The number of fused-ring (bicyclic) bond motifs is 1. The van der Waals surface area contributed by atoms with Crippen LogP contribution in [0, 0.1) is 0 Å². The number of thiophene rings is 1. The molecule has 0 atom stereocenters. The number of nitrogens with zero attached hydrogens (tertiary/aromatic N) is 3. The molecule has 2 aromatic rings. The summed E-state index contributed by atoms with van der Waals surface area (Å²) in [5.74, 6) is 0.196. The molecule has 8 heteroatoms. The van der Waals surface area contributed by atoms with E-state index < -0.39 is 0 Å². The van der Waals surface area contributed by atoms with Gasteiger partial charge in [-0.2, -0.15) is 0 Å². The monoisotopic (exact) mass is 328 g/mol. The number of nitrogens with one attached hydrogen (secondary N) is 1. The Morgan fingerprint density at radius 1 is 1.48 bits per heavy atom. The highest BCUT2D eigenvalue weighted by Gasteiger charge is 2.19. The van der Waals surface area contributed by atoms with Gasteiger partial charge in [0.2, 0.25) is 5.28 Å². The molecule has 0 amide bonds. The molecular weight excluding hydrogens is 312 g/mol. The summed E-state index contributed by atoms with van der Waals surface area (Å²) < 4.78 is 5.07. The Hall–Kier alpha value is -1.44. The van der Waals surface area contributed by atoms with E-state index in [0.717, 1.165) is 6.54 Å². The fraction of sp³-hybridized carbons (Fsp3) is 0.462. The van der Waals surface area contributed by atoms with Gasteiger partial charge in [0, 0.05) is 18.5 Å². The first-order valence-electron chi connectivity index (χ1n) is 6.53. The summed E-state index contributed by atoms with van der Waals surface area (Å²) in [4.78, 5) is 23.1. The van der Waals surface area contributed by atoms with Crippen molar-refractivity contribution in [1.82, 2.24) is 14.9 Å². The average Bonchev–Trinajstić information content (AvgIpc) is 2.82. The van der Waals surface area contributed by atoms with E-state index in [1.165, 1.54) is 11.3 Å². The first-order valence-corrected chi connectivity index (χ1v) is 7.79. The predicted octanol–water partition coefficient (Wildman–Crippen LogP) is 2.49. The molecule has 0 aliphatic carbocycles. The lowest BCUT2D eigenvalue weighted by Gasteiger charge is -2.12. The van der Waals surface area contributed by atoms with Crippen LogP contribution < -0.4 is 5.32 Å². The molecule has 6 nitrogen and oxygen atoms in total. The fourth-order valence-electron chi connectivity index (χ4n) is 1.80. The average molecular weight is 329 g/mol. The lowest BCUT2D eigenvalue weighted by molar-refractivity contribution is 0.0529. The van der Waals surface area contributed by atoms with E-state index in [4.69, 9.17) is 16.3 Å². The van der Waals surface area contributed by atoms with Crippen molar-refractivity contribution in [1.29, 1.82) is 0 Å². The number of anilines is 1. The van der Waals surface area contributed by atoms with Gasteiger partial charge in [0.05, 0.1) is 17.6 Å². The van der Waals surface area contributed by atoms with Gasteiger partial charge in [-0.3, -0.25) is 0 Å². The van der Waals surface area contributed by atoms with Gasteiger partial charge in [0.15, 0.2) is 0 Å². The minimum absolute atomic E-state index is 0.159. The van der Waals surface area contributed by atoms with E-state index in [1.807, 2.05) is 19.0 Å². The van der Waals surface area contributed by atoms with Gasteiger partial charge in [-0.1, -0.05) is 0 Å². The maximum Gasteiger partial charge on any atom is 0.339 e. The van der Waals surface area contributed by atoms with Crippen LogP contribution in [0.25, 0.3) is 10.2 Å². The zero-order valence-electron chi connectivity index (χ0n) is 12.1. The summed E-state index contributed by atoms with van der Waals surface area (Å²) in [6.07, 6.45) is 0. The molecular formula is C13H17ClN4O2S. The van der Waals surface area contributed by atoms with Crippen LogP contribution in [0.15, 0.2) is 5.38 Å². The van der Waals surface area contributed by atoms with Crippen LogP contribution in [0.3, 0.4) is 0 Å². The number of likely N-dealkylation sites (N-methyl/N-ethyl adjacent to an activating group) is 1. The second kappa shape index (κ2) is 7.02. The van der Waals surface area contributed by atoms with Crippen LogP contribution in [0.5, 0.6) is 0 Å². The highest BCUT2D eigenvalue weighted by Crippen LogP contribution is 2.31. The maximum atomic E-state index is 12.0. The largest absolute Gasteiger partial charge is 0.462 e. The normalized spacial score (nSPS) is 11.1. The van der Waals surface area contributed by atoms with Crippen molar-refractivity contribution in [2.24, 2.45) is 0 Å². The third kappa shape index (κ3) is 3.81. The number of carbonyl (C=O) groups is 1. The van der Waals surface area contributed by atoms with Crippen molar-refractivity contribution < 1.29 is 9.53 Å². The Kier molecular flexibility index (Phi) is 5.33. The number of aromatic nitrogens is 2. The summed E-state index contributed by atoms with van der Waals surface area (Å²) in [5, 5.41) is 5.76. The molecule has 0 saturated carbocycles. The number of carbonyl (C=O) groups excluding carboxylic acids is 1. The van der Waals surface area contributed by atoms with Crippen molar-refractivity contribution in [3.63, 3.8) is 0 Å². The van der Waals surface area contributed by atoms with Crippen LogP contribution in [-0.2, 0) is 4.74 Å². The number of esters is 1. The van der Waals surface area contributed by atoms with E-state index in [2.05, 4.69) is 15.3 Å². The van der Waals surface area contributed by atoms with Crippen molar-refractivity contribution in [3.05, 3.63) is 16.2 Å². The lowest BCUT2D eigenvalue weighted by atomic mass is 10.2. The highest BCUT2D eigenvalue weighted by molar-refractivity contribution is 7.17. The Labute approximate surface area is 132 Å². The molecule has 0 aliphatic rings. The van der Waals surface area contributed by atoms with Crippen molar-refractivity contribution in [2.45, 2.75) is 6.92 Å². The van der Waals surface area contributed by atoms with E-state index in [1.54, 1.807) is 12.3 Å². The molecule has 0 bridgehead atoms. The SMILES string of the molecule is CCOC(=O)c1csc2nc(Cl)nc(NCCN(C)C)c12. The minimum Gasteiger partial charge on any atom is -0.462 e. The summed E-state index contributed by atoms with van der Waals surface area (Å²) in [6.45, 7) is 3.62. The molecule has 1 N–H and O–H groups in total. The third-order valence-electron chi connectivity index (χ3n) is 2.75. The zero-order chi connectivity index (χ0) is 15.4. The summed E-state index contributed by atoms with van der Waals surface area (Å²) >= 11 is 7.28. The van der Waals surface area contributed by atoms with Gasteiger partial charge in [0.25, 0.3) is 0 Å². The molecule has 0 spiro atoms. The van der Waals surface area contributed by atoms with Gasteiger partial charge in [0.1, 0.15) is 10.6 Å². The Balaban J connectivity index is 2.37. The smallest absolute Gasteiger partial charge is 0.339 e. The standard InChI is InChI=1S/C13H17ClN4O2S/c1-4-20-12(19)8-7-21-11-9(8)10(16-13(14)17-11)15-5-6-18(2)3/h7H,4-6H2,1-3H3,(H,15,16,17). The summed E-state index contributed by atoms with van der Waals surface area (Å²) in [5.41, 5.74) is 0.473. The van der Waals surface area contributed by atoms with E-state index in [0.29, 0.717) is 34.7 Å². The molecule has 2 heterocycles. The molecule has 0 fully saturated rings. The van der Waals surface area contributed by atoms with Crippen molar-refractivity contribution in [2.75, 3.05) is 39.1 Å². The predicted molar refractivity (Wildman–Crippen MR) is 85.4 cm³/mol. The number of halogens is 1. The van der Waals surface area contributed by atoms with Gasteiger partial charge < -0.3 is 15.0 Å². The van der Waals surface area contributed by atoms with E-state index in [9.17, 15) is 4.79 Å². The minimum atomic E-state index is -0.370. The molecule has 0 unspecified atom stereocenters. The first kappa shape index (κ1) is 15.9. The van der Waals surface area contributed by atoms with Crippen molar-refractivity contribution in [3.8, 4) is 0 Å². The fourth-order valence-corrected chi connectivity index (χ4v) is 2.93. The molecule has 2 rings (SSSR count). The third-order valence-corrected chi connectivity index (χ3v) is 3.79. The molecule has 2 aromatic heterocycles. The lowest BCUT2D eigenvalue weighted by Crippen LogP contribution is -2.21. The molecule has 0 aromatic carbocycles. The van der Waals surface area contributed by atoms with Crippen LogP contribution >= 0.6 is 22.9 Å². The molecule has 0 radical (unpaired) electrons. The first-order chi connectivity index (χ1) is 10.0. The van der Waals surface area contributed by atoms with Gasteiger partial charge in [-0.15, -0.1) is 11.3 Å². The van der Waals surface area contributed by atoms with Crippen LogP contribution in [-0.4, -0.2) is 54.6 Å². The van der Waals surface area contributed by atoms with Crippen molar-refractivity contribution >= 4 is 44.9 Å². The number of rotatable bonds is 6. The number of hydrogen-bond acceptors (Lipinski definition) is 7. The van der Waals surface area contributed by atoms with Gasteiger partial charge in [-0.25, -0.2) is 14.8 Å². The second-order valence-electron chi connectivity index (χ2n) is 4.62. The second-order valence-corrected chi connectivity index (χ2v) is 5.82. The van der Waals surface area contributed by atoms with Gasteiger partial charge >= 0.3 is 5.97 Å². The van der Waals surface area contributed by atoms with Crippen LogP contribution in [0.1, 0.15) is 17.3 Å². The Morgan fingerprint density at radius 2 is 2.24 bits per heavy atom. The summed E-state index contributed by atoms with van der Waals surface area (Å²) in [7, 11) is 3.97. The molecule has 0 aliphatic heterocycles. The summed E-state index contributed by atoms with van der Waals surface area (Å²) in [6, 6.07) is 0. The van der Waals surface area contributed by atoms with E-state index >= 15 is 0 Å². The van der Waals surface area contributed by atoms with Crippen LogP contribution in [0.2, 0.25) is 5.28 Å². The quantitative estimate of drug-likeness (QED) is 0.649. The Bertz CT molecular complexity index is 644. The van der Waals surface area contributed by atoms with Gasteiger partial charge in [-0.05, 0) is 32.6 Å². The number of ether oxygens (including phenoxy) is 1. The molecule has 114 valence electrons. The molecule has 21 heavy (non-hydrogen) atoms.